The van der Waals surface area contributed by atoms with Crippen LogP contribution in [0.2, 0.25) is 0 Å². The molecule has 0 aromatic carbocycles. The Morgan fingerprint density at radius 1 is 1.42 bits per heavy atom. The molecule has 2 heteroatoms. The van der Waals surface area contributed by atoms with Crippen molar-refractivity contribution in [2.75, 3.05) is 0 Å². The molecule has 0 rings (SSSR count). The van der Waals surface area contributed by atoms with E-state index in [-0.39, 0.29) is 5.54 Å². The molecule has 0 aliphatic rings. The van der Waals surface area contributed by atoms with Crippen LogP contribution in [0.4, 0.5) is 0 Å². The van der Waals surface area contributed by atoms with Gasteiger partial charge in [-0.15, -0.1) is 0 Å². The molecule has 0 amide bonds. The third kappa shape index (κ3) is 2.83. The lowest BCUT2D eigenvalue weighted by Crippen LogP contribution is -2.49. The van der Waals surface area contributed by atoms with Crippen molar-refractivity contribution in [3.63, 3.8) is 0 Å². The molecule has 0 heterocycles. The summed E-state index contributed by atoms with van der Waals surface area (Å²) in [4.78, 5) is 0. The Balaban J connectivity index is 4.27. The van der Waals surface area contributed by atoms with Gasteiger partial charge in [0.1, 0.15) is 5.54 Å². The number of hydrogen-bond donors (Lipinski definition) is 1. The van der Waals surface area contributed by atoms with E-state index >= 15 is 0 Å². The lowest BCUT2D eigenvalue weighted by atomic mass is 9.89. The maximum Gasteiger partial charge on any atom is 0.106 e. The average molecular weight is 168 g/mol. The largest absolute Gasteiger partial charge is 0.297 e. The summed E-state index contributed by atoms with van der Waals surface area (Å²) < 4.78 is 0. The Morgan fingerprint density at radius 2 is 1.92 bits per heavy atom. The molecule has 70 valence electrons. The van der Waals surface area contributed by atoms with Crippen LogP contribution in [0, 0.1) is 17.2 Å². The van der Waals surface area contributed by atoms with E-state index < -0.39 is 0 Å². The topological polar surface area (TPSA) is 35.8 Å². The average Bonchev–Trinajstić information content (AvgIpc) is 2.03. The number of hydrogen-bond acceptors (Lipinski definition) is 2. The Bertz CT molecular complexity index is 169. The second-order valence-electron chi connectivity index (χ2n) is 3.92. The zero-order valence-corrected chi connectivity index (χ0v) is 8.81. The van der Waals surface area contributed by atoms with Gasteiger partial charge in [-0.3, -0.25) is 5.32 Å². The Hall–Kier alpha value is -0.550. The predicted octanol–water partition coefficient (Wildman–Crippen LogP) is 2.31. The molecule has 2 atom stereocenters. The first-order valence-electron chi connectivity index (χ1n) is 4.65. The fourth-order valence-electron chi connectivity index (χ4n) is 0.942. The molecule has 0 aliphatic heterocycles. The van der Waals surface area contributed by atoms with Gasteiger partial charge in [0, 0.05) is 6.04 Å². The van der Waals surface area contributed by atoms with E-state index in [1.807, 2.05) is 6.92 Å². The molecule has 0 aromatic rings. The van der Waals surface area contributed by atoms with Gasteiger partial charge in [0.2, 0.25) is 0 Å². The highest BCUT2D eigenvalue weighted by atomic mass is 15.0. The van der Waals surface area contributed by atoms with Crippen LogP contribution in [-0.2, 0) is 0 Å². The van der Waals surface area contributed by atoms with E-state index in [2.05, 4.69) is 39.1 Å². The van der Waals surface area contributed by atoms with Crippen molar-refractivity contribution in [3.8, 4) is 6.07 Å². The monoisotopic (exact) mass is 168 g/mol. The Morgan fingerprint density at radius 3 is 2.17 bits per heavy atom. The summed E-state index contributed by atoms with van der Waals surface area (Å²) in [5.41, 5.74) is -0.380. The van der Waals surface area contributed by atoms with Crippen LogP contribution in [0.1, 0.15) is 41.0 Å². The summed E-state index contributed by atoms with van der Waals surface area (Å²) >= 11 is 0. The third-order valence-corrected chi connectivity index (χ3v) is 2.55. The first-order chi connectivity index (χ1) is 5.46. The van der Waals surface area contributed by atoms with Crippen LogP contribution >= 0.6 is 0 Å². The van der Waals surface area contributed by atoms with Crippen LogP contribution in [0.5, 0.6) is 0 Å². The molecule has 0 radical (unpaired) electrons. The molecule has 0 bridgehead atoms. The zero-order chi connectivity index (χ0) is 9.78. The summed E-state index contributed by atoms with van der Waals surface area (Å²) in [5, 5.41) is 12.3. The summed E-state index contributed by atoms with van der Waals surface area (Å²) in [6, 6.07) is 2.75. The molecule has 2 nitrogen and oxygen atoms in total. The highest BCUT2D eigenvalue weighted by Crippen LogP contribution is 2.16. The summed E-state index contributed by atoms with van der Waals surface area (Å²) in [6.07, 6.45) is 1.06. The van der Waals surface area contributed by atoms with Gasteiger partial charge in [-0.25, -0.2) is 0 Å². The van der Waals surface area contributed by atoms with E-state index in [1.54, 1.807) is 0 Å². The minimum absolute atomic E-state index is 0.344. The van der Waals surface area contributed by atoms with Crippen LogP contribution in [0.3, 0.4) is 0 Å². The van der Waals surface area contributed by atoms with Gasteiger partial charge >= 0.3 is 0 Å². The SMILES string of the molecule is CCC(C)NC(C)(C#N)C(C)C. The first kappa shape index (κ1) is 11.4. The standard InChI is InChI=1S/C10H20N2/c1-6-9(4)12-10(5,7-11)8(2)3/h8-9,12H,6H2,1-5H3. The van der Waals surface area contributed by atoms with E-state index in [4.69, 9.17) is 5.26 Å². The lowest BCUT2D eigenvalue weighted by Gasteiger charge is -2.30. The number of nitrogens with zero attached hydrogens (tertiary/aromatic N) is 1. The van der Waals surface area contributed by atoms with Crippen molar-refractivity contribution in [2.24, 2.45) is 5.92 Å². The highest BCUT2D eigenvalue weighted by molar-refractivity contribution is 5.06. The second-order valence-corrected chi connectivity index (χ2v) is 3.92. The summed E-state index contributed by atoms with van der Waals surface area (Å²) in [5.74, 6) is 0.344. The van der Waals surface area contributed by atoms with E-state index in [0.29, 0.717) is 12.0 Å². The molecule has 0 fully saturated rings. The number of rotatable bonds is 4. The van der Waals surface area contributed by atoms with Gasteiger partial charge < -0.3 is 0 Å². The van der Waals surface area contributed by atoms with E-state index in [0.717, 1.165) is 6.42 Å². The van der Waals surface area contributed by atoms with Crippen molar-refractivity contribution < 1.29 is 0 Å². The smallest absolute Gasteiger partial charge is 0.106 e. The van der Waals surface area contributed by atoms with Crippen molar-refractivity contribution in [1.29, 1.82) is 5.26 Å². The molecular formula is C10H20N2. The molecule has 12 heavy (non-hydrogen) atoms. The van der Waals surface area contributed by atoms with Gasteiger partial charge in [-0.1, -0.05) is 20.8 Å². The van der Waals surface area contributed by atoms with Crippen LogP contribution in [0.25, 0.3) is 0 Å². The van der Waals surface area contributed by atoms with Gasteiger partial charge in [-0.05, 0) is 26.2 Å². The van der Waals surface area contributed by atoms with Crippen molar-refractivity contribution in [1.82, 2.24) is 5.32 Å². The third-order valence-electron chi connectivity index (χ3n) is 2.55. The fourth-order valence-corrected chi connectivity index (χ4v) is 0.942. The number of nitrogens with one attached hydrogen (secondary N) is 1. The summed E-state index contributed by atoms with van der Waals surface area (Å²) in [6.45, 7) is 10.3. The van der Waals surface area contributed by atoms with Crippen LogP contribution < -0.4 is 5.32 Å². The lowest BCUT2D eigenvalue weighted by molar-refractivity contribution is 0.302. The molecule has 0 aromatic heterocycles. The van der Waals surface area contributed by atoms with Crippen molar-refractivity contribution in [2.45, 2.75) is 52.6 Å². The summed E-state index contributed by atoms with van der Waals surface area (Å²) in [7, 11) is 0. The maximum atomic E-state index is 8.99. The molecular weight excluding hydrogens is 148 g/mol. The predicted molar refractivity (Wildman–Crippen MR) is 51.7 cm³/mol. The van der Waals surface area contributed by atoms with E-state index in [1.165, 1.54) is 0 Å². The molecule has 1 N–H and O–H groups in total. The van der Waals surface area contributed by atoms with Gasteiger partial charge in [-0.2, -0.15) is 5.26 Å². The molecule has 0 saturated carbocycles. The Labute approximate surface area is 76.0 Å². The molecule has 0 spiro atoms. The molecule has 0 saturated heterocycles. The van der Waals surface area contributed by atoms with E-state index in [9.17, 15) is 0 Å². The minimum Gasteiger partial charge on any atom is -0.297 e. The molecule has 0 aliphatic carbocycles. The van der Waals surface area contributed by atoms with Crippen molar-refractivity contribution >= 4 is 0 Å². The normalized spacial score (nSPS) is 18.4. The van der Waals surface area contributed by atoms with Gasteiger partial charge in [0.25, 0.3) is 0 Å². The highest BCUT2D eigenvalue weighted by Gasteiger charge is 2.28. The minimum atomic E-state index is -0.380. The zero-order valence-electron chi connectivity index (χ0n) is 8.81. The van der Waals surface area contributed by atoms with Crippen LogP contribution in [0.15, 0.2) is 0 Å². The number of nitriles is 1. The molecule has 2 unspecified atom stereocenters. The second kappa shape index (κ2) is 4.47. The van der Waals surface area contributed by atoms with Gasteiger partial charge in [0.05, 0.1) is 6.07 Å². The fraction of sp³-hybridized carbons (Fsp3) is 0.900. The first-order valence-corrected chi connectivity index (χ1v) is 4.65. The van der Waals surface area contributed by atoms with Gasteiger partial charge in [0.15, 0.2) is 0 Å². The maximum absolute atomic E-state index is 8.99. The van der Waals surface area contributed by atoms with Crippen LogP contribution in [-0.4, -0.2) is 11.6 Å². The Kier molecular flexibility index (Phi) is 4.26. The van der Waals surface area contributed by atoms with Crippen molar-refractivity contribution in [3.05, 3.63) is 0 Å². The quantitative estimate of drug-likeness (QED) is 0.699.